The number of quaternary nitrogens is 1. The van der Waals surface area contributed by atoms with Crippen molar-refractivity contribution in [1.82, 2.24) is 0 Å². The third kappa shape index (κ3) is 1.69. The highest BCUT2D eigenvalue weighted by atomic mass is 32.3. The van der Waals surface area contributed by atoms with Crippen LogP contribution in [-0.2, 0) is 20.0 Å². The largest absolute Gasteiger partial charge is 0.602 e. The topological polar surface area (TPSA) is 95.8 Å². The first-order valence-electron chi connectivity index (χ1n) is 5.25. The van der Waals surface area contributed by atoms with Gasteiger partial charge in [-0.25, -0.2) is 8.78 Å². The predicted octanol–water partition coefficient (Wildman–Crippen LogP) is 0.161. The molecule has 0 radical (unpaired) electrons. The Morgan fingerprint density at radius 1 is 1.14 bits per heavy atom. The van der Waals surface area contributed by atoms with Gasteiger partial charge >= 0.3 is 36.0 Å². The molecule has 0 spiro atoms. The maximum atomic E-state index is 14.5. The van der Waals surface area contributed by atoms with E-state index in [1.165, 1.54) is 0 Å². The third-order valence-electron chi connectivity index (χ3n) is 2.96. The van der Waals surface area contributed by atoms with Crippen LogP contribution in [0.1, 0.15) is 13.8 Å². The van der Waals surface area contributed by atoms with Gasteiger partial charge < -0.3 is 5.21 Å². The molecule has 0 aromatic heterocycles. The van der Waals surface area contributed by atoms with E-state index < -0.39 is 45.4 Å². The minimum atomic E-state index is -6.22. The number of rotatable bonds is 2. The molecule has 1 fully saturated rings. The summed E-state index contributed by atoms with van der Waals surface area (Å²) < 4.78 is 100. The van der Waals surface area contributed by atoms with Crippen LogP contribution in [0.15, 0.2) is 24.3 Å². The molecule has 3 unspecified atom stereocenters. The summed E-state index contributed by atoms with van der Waals surface area (Å²) in [6, 6.07) is 0. The molecule has 1 rings (SSSR count). The normalized spacial score (nSPS) is 41.0. The van der Waals surface area contributed by atoms with E-state index in [9.17, 15) is 39.6 Å². The van der Waals surface area contributed by atoms with Gasteiger partial charge in [0.2, 0.25) is 0 Å². The lowest BCUT2D eigenvalue weighted by atomic mass is 10.0. The Kier molecular flexibility index (Phi) is 3.88. The monoisotopic (exact) mass is 353 g/mol. The number of hydrogen-bond acceptors (Lipinski definition) is 5. The van der Waals surface area contributed by atoms with Gasteiger partial charge in [-0.05, 0) is 25.5 Å². The number of allylic oxidation sites excluding steroid dienone is 1. The lowest BCUT2D eigenvalue weighted by Gasteiger charge is -2.45. The molecule has 122 valence electrons. The second-order valence-corrected chi connectivity index (χ2v) is 8.52. The lowest BCUT2D eigenvalue weighted by Crippen LogP contribution is -3.18. The van der Waals surface area contributed by atoms with Crippen LogP contribution in [0.4, 0.5) is 17.6 Å². The molecule has 0 aromatic rings. The number of sulfonamides is 2. The summed E-state index contributed by atoms with van der Waals surface area (Å²) in [6.45, 7) is 4.09. The molecule has 3 atom stereocenters. The highest BCUT2D eigenvalue weighted by Gasteiger charge is 2.87. The van der Waals surface area contributed by atoms with Crippen molar-refractivity contribution in [3.63, 3.8) is 0 Å². The fraction of sp³-hybridized carbons (Fsp3) is 0.556. The van der Waals surface area contributed by atoms with Crippen molar-refractivity contribution in [3.8, 4) is 0 Å². The number of halogens is 4. The van der Waals surface area contributed by atoms with Crippen LogP contribution in [0.5, 0.6) is 0 Å². The van der Waals surface area contributed by atoms with Gasteiger partial charge in [0.25, 0.3) is 0 Å². The summed E-state index contributed by atoms with van der Waals surface area (Å²) in [4.78, 5) is 0. The molecule has 21 heavy (non-hydrogen) atoms. The van der Waals surface area contributed by atoms with Gasteiger partial charge in [0, 0.05) is 0 Å². The van der Waals surface area contributed by atoms with Crippen molar-refractivity contribution in [3.05, 3.63) is 29.5 Å². The number of alkyl halides is 4. The van der Waals surface area contributed by atoms with E-state index in [1.807, 2.05) is 0 Å². The van der Waals surface area contributed by atoms with Crippen molar-refractivity contribution in [1.29, 1.82) is 0 Å². The SMILES string of the molecule is C=C(C)C1(F)C(F)(F)C(F)(/C=C/C)S(=O)(=O)[NH+]([O-])S1(=O)=O. The fourth-order valence-electron chi connectivity index (χ4n) is 1.84. The van der Waals surface area contributed by atoms with E-state index in [-0.39, 0.29) is 6.08 Å². The van der Waals surface area contributed by atoms with Crippen LogP contribution < -0.4 is 3.87 Å². The van der Waals surface area contributed by atoms with Crippen LogP contribution in [-0.4, -0.2) is 32.8 Å². The maximum Gasteiger partial charge on any atom is 0.362 e. The Bertz CT molecular complexity index is 716. The molecule has 6 nitrogen and oxygen atoms in total. The molecule has 1 aliphatic rings. The van der Waals surface area contributed by atoms with Gasteiger partial charge in [-0.3, -0.25) is 0 Å². The fourth-order valence-corrected chi connectivity index (χ4v) is 5.98. The van der Waals surface area contributed by atoms with Gasteiger partial charge in [0.1, 0.15) is 0 Å². The molecular formula is C9H11F4NO5S2. The Labute approximate surface area is 118 Å². The van der Waals surface area contributed by atoms with E-state index in [4.69, 9.17) is 0 Å². The molecule has 1 saturated heterocycles. The number of hydrogen-bond donors (Lipinski definition) is 1. The van der Waals surface area contributed by atoms with E-state index in [2.05, 4.69) is 6.58 Å². The standard InChI is InChI=1S/C9H11F4NO5S2/c1-4-5-7(10)9(12,13)8(11,6(2)3)21(18,19)14(15)20(7,16)17/h4-5,14H,2H2,1,3H3/b5-4+. The molecule has 0 aromatic carbocycles. The number of nitrogens with one attached hydrogen (secondary N) is 1. The van der Waals surface area contributed by atoms with Crippen molar-refractivity contribution in [2.45, 2.75) is 29.8 Å². The highest BCUT2D eigenvalue weighted by Crippen LogP contribution is 2.53. The Hall–Kier alpha value is -0.980. The zero-order valence-corrected chi connectivity index (χ0v) is 12.4. The van der Waals surface area contributed by atoms with Gasteiger partial charge in [-0.1, -0.05) is 12.7 Å². The summed E-state index contributed by atoms with van der Waals surface area (Å²) in [5.41, 5.74) is -1.41. The van der Waals surface area contributed by atoms with Crippen LogP contribution in [0.25, 0.3) is 0 Å². The summed E-state index contributed by atoms with van der Waals surface area (Å²) in [5, 5.41) is 1.68. The molecule has 0 aliphatic carbocycles. The highest BCUT2D eigenvalue weighted by molar-refractivity contribution is 7.99. The Balaban J connectivity index is 4.05. The molecule has 0 saturated carbocycles. The molecule has 1 aliphatic heterocycles. The minimum Gasteiger partial charge on any atom is -0.602 e. The van der Waals surface area contributed by atoms with Gasteiger partial charge in [-0.15, -0.1) is 0 Å². The summed E-state index contributed by atoms with van der Waals surface area (Å²) in [6.07, 6.45) is 0.224. The Morgan fingerprint density at radius 2 is 1.57 bits per heavy atom. The summed E-state index contributed by atoms with van der Waals surface area (Å²) in [7, 11) is -12.4. The molecule has 0 bridgehead atoms. The maximum absolute atomic E-state index is 14.5. The van der Waals surface area contributed by atoms with Crippen LogP contribution in [0.3, 0.4) is 0 Å². The van der Waals surface area contributed by atoms with Gasteiger partial charge in [0.05, 0.1) is 0 Å². The molecule has 0 amide bonds. The average molecular weight is 353 g/mol. The zero-order valence-electron chi connectivity index (χ0n) is 10.7. The van der Waals surface area contributed by atoms with Gasteiger partial charge in [0.15, 0.2) is 0 Å². The van der Waals surface area contributed by atoms with Crippen molar-refractivity contribution in [2.75, 3.05) is 0 Å². The summed E-state index contributed by atoms with van der Waals surface area (Å²) >= 11 is 0. The van der Waals surface area contributed by atoms with Crippen LogP contribution in [0, 0.1) is 5.21 Å². The smallest absolute Gasteiger partial charge is 0.362 e. The lowest BCUT2D eigenvalue weighted by molar-refractivity contribution is -0.561. The van der Waals surface area contributed by atoms with Crippen LogP contribution in [0.2, 0.25) is 0 Å². The first kappa shape index (κ1) is 18.1. The van der Waals surface area contributed by atoms with E-state index in [0.717, 1.165) is 6.92 Å². The molecule has 1 N–H and O–H groups in total. The predicted molar refractivity (Wildman–Crippen MR) is 64.4 cm³/mol. The average Bonchev–Trinajstić information content (AvgIpc) is 2.34. The first-order valence-corrected chi connectivity index (χ1v) is 8.21. The van der Waals surface area contributed by atoms with Gasteiger partial charge in [-0.2, -0.15) is 29.5 Å². The third-order valence-corrected chi connectivity index (χ3v) is 7.68. The van der Waals surface area contributed by atoms with Crippen molar-refractivity contribution >= 4 is 20.0 Å². The minimum absolute atomic E-state index is 0.272. The zero-order chi connectivity index (χ0) is 17.1. The molecular weight excluding hydrogens is 342 g/mol. The van der Waals surface area contributed by atoms with Crippen molar-refractivity contribution < 1.29 is 38.3 Å². The molecule has 1 heterocycles. The van der Waals surface area contributed by atoms with E-state index >= 15 is 0 Å². The van der Waals surface area contributed by atoms with Crippen LogP contribution >= 0.6 is 0 Å². The van der Waals surface area contributed by atoms with Crippen molar-refractivity contribution in [2.24, 2.45) is 0 Å². The molecule has 12 heteroatoms. The van der Waals surface area contributed by atoms with E-state index in [1.54, 1.807) is 0 Å². The Morgan fingerprint density at radius 3 is 1.90 bits per heavy atom. The second-order valence-electron chi connectivity index (χ2n) is 4.35. The summed E-state index contributed by atoms with van der Waals surface area (Å²) in [5.74, 6) is -5.61. The first-order chi connectivity index (χ1) is 9.16. The van der Waals surface area contributed by atoms with E-state index in [0.29, 0.717) is 13.0 Å². The quantitative estimate of drug-likeness (QED) is 0.433. The second kappa shape index (κ2) is 4.51.